The van der Waals surface area contributed by atoms with Gasteiger partial charge >= 0.3 is 0 Å². The van der Waals surface area contributed by atoms with Gasteiger partial charge < -0.3 is 9.64 Å². The van der Waals surface area contributed by atoms with E-state index in [1.54, 1.807) is 11.2 Å². The van der Waals surface area contributed by atoms with Gasteiger partial charge in [0.25, 0.3) is 0 Å². The second-order valence-corrected chi connectivity index (χ2v) is 7.69. The molecule has 2 aromatic heterocycles. The van der Waals surface area contributed by atoms with Gasteiger partial charge in [0, 0.05) is 18.0 Å². The summed E-state index contributed by atoms with van der Waals surface area (Å²) in [6.45, 7) is 6.13. The molecule has 2 aromatic rings. The standard InChI is InChI=1S/C17H23N3OS/c1-11-8-20(9-12(2)21-11)16-15-13-6-4-3-5-7-14(13)22-17(15)19-10-18-16/h10-12H,3-9H2,1-2H3/t11-,12-/m1/s1. The molecule has 0 spiro atoms. The number of morpholine rings is 1. The zero-order valence-electron chi connectivity index (χ0n) is 13.3. The van der Waals surface area contributed by atoms with Gasteiger partial charge in [-0.15, -0.1) is 11.3 Å². The molecule has 2 atom stereocenters. The van der Waals surface area contributed by atoms with Gasteiger partial charge in [-0.2, -0.15) is 0 Å². The monoisotopic (exact) mass is 317 g/mol. The smallest absolute Gasteiger partial charge is 0.141 e. The molecule has 1 saturated heterocycles. The average Bonchev–Trinajstić information content (AvgIpc) is 2.68. The minimum Gasteiger partial charge on any atom is -0.372 e. The molecule has 1 fully saturated rings. The number of nitrogens with zero attached hydrogens (tertiary/aromatic N) is 3. The van der Waals surface area contributed by atoms with E-state index in [9.17, 15) is 0 Å². The maximum absolute atomic E-state index is 5.88. The lowest BCUT2D eigenvalue weighted by Crippen LogP contribution is -2.46. The van der Waals surface area contributed by atoms with Gasteiger partial charge in [-0.05, 0) is 45.1 Å². The Morgan fingerprint density at radius 3 is 2.68 bits per heavy atom. The summed E-state index contributed by atoms with van der Waals surface area (Å²) in [4.78, 5) is 14.4. The number of aromatic nitrogens is 2. The van der Waals surface area contributed by atoms with Crippen molar-refractivity contribution in [2.75, 3.05) is 18.0 Å². The highest BCUT2D eigenvalue weighted by molar-refractivity contribution is 7.18. The third-order valence-electron chi connectivity index (χ3n) is 4.70. The molecule has 3 heterocycles. The molecular weight excluding hydrogens is 294 g/mol. The van der Waals surface area contributed by atoms with Crippen molar-refractivity contribution in [2.24, 2.45) is 0 Å². The van der Waals surface area contributed by atoms with Gasteiger partial charge in [0.15, 0.2) is 0 Å². The molecule has 22 heavy (non-hydrogen) atoms. The van der Waals surface area contributed by atoms with Crippen LogP contribution in [0, 0.1) is 0 Å². The van der Waals surface area contributed by atoms with Gasteiger partial charge in [0.05, 0.1) is 17.6 Å². The zero-order valence-corrected chi connectivity index (χ0v) is 14.2. The normalized spacial score (nSPS) is 26.0. The number of anilines is 1. The van der Waals surface area contributed by atoms with E-state index in [2.05, 4.69) is 28.7 Å². The third-order valence-corrected chi connectivity index (χ3v) is 5.90. The first kappa shape index (κ1) is 14.4. The first-order valence-corrected chi connectivity index (χ1v) is 9.19. The Morgan fingerprint density at radius 2 is 1.86 bits per heavy atom. The van der Waals surface area contributed by atoms with Crippen LogP contribution in [0.5, 0.6) is 0 Å². The number of fused-ring (bicyclic) bond motifs is 3. The van der Waals surface area contributed by atoms with Crippen molar-refractivity contribution in [3.05, 3.63) is 16.8 Å². The fourth-order valence-electron chi connectivity index (χ4n) is 3.84. The summed E-state index contributed by atoms with van der Waals surface area (Å²) < 4.78 is 5.88. The van der Waals surface area contributed by atoms with Gasteiger partial charge in [-0.1, -0.05) is 6.42 Å². The molecule has 0 amide bonds. The molecule has 4 nitrogen and oxygen atoms in total. The molecule has 5 heteroatoms. The van der Waals surface area contributed by atoms with Crippen LogP contribution < -0.4 is 4.90 Å². The van der Waals surface area contributed by atoms with E-state index in [1.165, 1.54) is 47.9 Å². The van der Waals surface area contributed by atoms with E-state index in [1.807, 2.05) is 11.3 Å². The highest BCUT2D eigenvalue weighted by Gasteiger charge is 2.27. The molecule has 0 radical (unpaired) electrons. The van der Waals surface area contributed by atoms with E-state index >= 15 is 0 Å². The number of aryl methyl sites for hydroxylation is 2. The Hall–Kier alpha value is -1.20. The third kappa shape index (κ3) is 2.50. The van der Waals surface area contributed by atoms with Crippen LogP contribution in [0.15, 0.2) is 6.33 Å². The van der Waals surface area contributed by atoms with Crippen molar-refractivity contribution in [3.8, 4) is 0 Å². The number of ether oxygens (including phenoxy) is 1. The minimum atomic E-state index is 0.256. The number of rotatable bonds is 1. The summed E-state index contributed by atoms with van der Waals surface area (Å²) in [5.41, 5.74) is 1.53. The Bertz CT molecular complexity index is 674. The first-order chi connectivity index (χ1) is 10.7. The van der Waals surface area contributed by atoms with Gasteiger partial charge in [-0.3, -0.25) is 0 Å². The summed E-state index contributed by atoms with van der Waals surface area (Å²) in [5, 5.41) is 1.32. The maximum Gasteiger partial charge on any atom is 0.141 e. The van der Waals surface area contributed by atoms with Crippen LogP contribution in [0.25, 0.3) is 10.2 Å². The van der Waals surface area contributed by atoms with Crippen molar-refractivity contribution in [1.82, 2.24) is 9.97 Å². The van der Waals surface area contributed by atoms with Crippen molar-refractivity contribution in [1.29, 1.82) is 0 Å². The molecule has 1 aliphatic heterocycles. The molecule has 0 bridgehead atoms. The average molecular weight is 317 g/mol. The highest BCUT2D eigenvalue weighted by Crippen LogP contribution is 2.39. The molecule has 0 aromatic carbocycles. The predicted octanol–water partition coefficient (Wildman–Crippen LogP) is 3.57. The molecule has 1 aliphatic carbocycles. The van der Waals surface area contributed by atoms with Crippen molar-refractivity contribution in [2.45, 2.75) is 58.2 Å². The Balaban J connectivity index is 1.82. The largest absolute Gasteiger partial charge is 0.372 e. The van der Waals surface area contributed by atoms with Crippen LogP contribution in [0.2, 0.25) is 0 Å². The lowest BCUT2D eigenvalue weighted by atomic mass is 10.1. The Labute approximate surface area is 135 Å². The molecule has 4 rings (SSSR count). The van der Waals surface area contributed by atoms with Crippen molar-refractivity contribution >= 4 is 27.4 Å². The van der Waals surface area contributed by atoms with Crippen LogP contribution in [0.3, 0.4) is 0 Å². The second kappa shape index (κ2) is 5.78. The van der Waals surface area contributed by atoms with E-state index in [4.69, 9.17) is 4.74 Å². The van der Waals surface area contributed by atoms with Crippen LogP contribution in [-0.2, 0) is 17.6 Å². The number of hydrogen-bond donors (Lipinski definition) is 0. The fraction of sp³-hybridized carbons (Fsp3) is 0.647. The second-order valence-electron chi connectivity index (χ2n) is 6.60. The van der Waals surface area contributed by atoms with Crippen molar-refractivity contribution in [3.63, 3.8) is 0 Å². The zero-order chi connectivity index (χ0) is 15.1. The first-order valence-electron chi connectivity index (χ1n) is 8.38. The SMILES string of the molecule is C[C@@H]1CN(c2ncnc3sc4c(c23)CCCCC4)C[C@@H](C)O1. The minimum absolute atomic E-state index is 0.256. The summed E-state index contributed by atoms with van der Waals surface area (Å²) >= 11 is 1.88. The fourth-order valence-corrected chi connectivity index (χ4v) is 5.06. The highest BCUT2D eigenvalue weighted by atomic mass is 32.1. The quantitative estimate of drug-likeness (QED) is 0.754. The van der Waals surface area contributed by atoms with E-state index < -0.39 is 0 Å². The van der Waals surface area contributed by atoms with Crippen LogP contribution in [-0.4, -0.2) is 35.3 Å². The summed E-state index contributed by atoms with van der Waals surface area (Å²) in [5.74, 6) is 1.13. The van der Waals surface area contributed by atoms with E-state index in [0.29, 0.717) is 0 Å². The topological polar surface area (TPSA) is 38.2 Å². The van der Waals surface area contributed by atoms with Crippen LogP contribution in [0.1, 0.15) is 43.6 Å². The molecule has 0 saturated carbocycles. The Kier molecular flexibility index (Phi) is 3.78. The molecule has 0 unspecified atom stereocenters. The van der Waals surface area contributed by atoms with Gasteiger partial charge in [0.2, 0.25) is 0 Å². The maximum atomic E-state index is 5.88. The molecule has 118 valence electrons. The van der Waals surface area contributed by atoms with E-state index in [0.717, 1.165) is 18.9 Å². The van der Waals surface area contributed by atoms with Crippen molar-refractivity contribution < 1.29 is 4.74 Å². The number of hydrogen-bond acceptors (Lipinski definition) is 5. The van der Waals surface area contributed by atoms with Gasteiger partial charge in [-0.25, -0.2) is 9.97 Å². The van der Waals surface area contributed by atoms with Crippen LogP contribution in [0.4, 0.5) is 5.82 Å². The predicted molar refractivity (Wildman–Crippen MR) is 90.9 cm³/mol. The summed E-state index contributed by atoms with van der Waals surface area (Å²) in [7, 11) is 0. The summed E-state index contributed by atoms with van der Waals surface area (Å²) in [6, 6.07) is 0. The number of thiophene rings is 1. The van der Waals surface area contributed by atoms with E-state index in [-0.39, 0.29) is 12.2 Å². The lowest BCUT2D eigenvalue weighted by molar-refractivity contribution is -0.00537. The Morgan fingerprint density at radius 1 is 1.09 bits per heavy atom. The lowest BCUT2D eigenvalue weighted by Gasteiger charge is -2.36. The molecule has 0 N–H and O–H groups in total. The van der Waals surface area contributed by atoms with Gasteiger partial charge in [0.1, 0.15) is 17.0 Å². The van der Waals surface area contributed by atoms with Crippen LogP contribution >= 0.6 is 11.3 Å². The molecule has 2 aliphatic rings. The molecular formula is C17H23N3OS. The summed E-state index contributed by atoms with van der Waals surface area (Å²) in [6.07, 6.45) is 8.60.